The lowest BCUT2D eigenvalue weighted by Gasteiger charge is -2.09. The predicted octanol–water partition coefficient (Wildman–Crippen LogP) is 2.58. The Kier molecular flexibility index (Phi) is 3.57. The number of aldehydes is 1. The summed E-state index contributed by atoms with van der Waals surface area (Å²) in [5, 5.41) is 0. The molecule has 4 heteroatoms. The highest BCUT2D eigenvalue weighted by Gasteiger charge is 2.08. The topological polar surface area (TPSA) is 48.4 Å². The van der Waals surface area contributed by atoms with Crippen LogP contribution in [0.2, 0.25) is 0 Å². The third kappa shape index (κ3) is 2.32. The van der Waals surface area contributed by atoms with Gasteiger partial charge in [-0.2, -0.15) is 0 Å². The Morgan fingerprint density at radius 2 is 1.78 bits per heavy atom. The van der Waals surface area contributed by atoms with Gasteiger partial charge in [0.25, 0.3) is 0 Å². The SMILES string of the molecule is COc1cc(OC)cc(-c2cnccc2C=O)c1. The average molecular weight is 243 g/mol. The Bertz CT molecular complexity index is 544. The molecule has 1 heterocycles. The molecule has 0 saturated carbocycles. The zero-order valence-electron chi connectivity index (χ0n) is 10.2. The number of carbonyl (C=O) groups is 1. The molecule has 18 heavy (non-hydrogen) atoms. The van der Waals surface area contributed by atoms with Crippen molar-refractivity contribution in [3.8, 4) is 22.6 Å². The molecule has 0 saturated heterocycles. The van der Waals surface area contributed by atoms with E-state index in [0.717, 1.165) is 17.4 Å². The number of carbonyl (C=O) groups excluding carboxylic acids is 1. The summed E-state index contributed by atoms with van der Waals surface area (Å²) in [5.74, 6) is 1.34. The number of aromatic nitrogens is 1. The van der Waals surface area contributed by atoms with Gasteiger partial charge in [0.2, 0.25) is 0 Å². The fourth-order valence-corrected chi connectivity index (χ4v) is 1.71. The summed E-state index contributed by atoms with van der Waals surface area (Å²) in [5.41, 5.74) is 2.17. The maximum atomic E-state index is 11.0. The number of methoxy groups -OCH3 is 2. The van der Waals surface area contributed by atoms with E-state index >= 15 is 0 Å². The number of rotatable bonds is 4. The summed E-state index contributed by atoms with van der Waals surface area (Å²) in [7, 11) is 3.17. The van der Waals surface area contributed by atoms with E-state index in [-0.39, 0.29) is 0 Å². The summed E-state index contributed by atoms with van der Waals surface area (Å²) in [6.07, 6.45) is 4.05. The minimum absolute atomic E-state index is 0.584. The Balaban J connectivity index is 2.59. The van der Waals surface area contributed by atoms with E-state index in [2.05, 4.69) is 4.98 Å². The Morgan fingerprint density at radius 3 is 2.33 bits per heavy atom. The number of pyridine rings is 1. The van der Waals surface area contributed by atoms with Gasteiger partial charge in [-0.3, -0.25) is 9.78 Å². The molecule has 2 aromatic rings. The van der Waals surface area contributed by atoms with Crippen molar-refractivity contribution in [2.24, 2.45) is 0 Å². The van der Waals surface area contributed by atoms with Gasteiger partial charge >= 0.3 is 0 Å². The average Bonchev–Trinajstić information content (AvgIpc) is 2.46. The largest absolute Gasteiger partial charge is 0.497 e. The molecule has 2 rings (SSSR count). The van der Waals surface area contributed by atoms with Gasteiger partial charge in [0.05, 0.1) is 14.2 Å². The number of ether oxygens (including phenoxy) is 2. The molecular formula is C14H13NO3. The van der Waals surface area contributed by atoms with Crippen LogP contribution in [0.5, 0.6) is 11.5 Å². The molecule has 0 spiro atoms. The molecule has 0 atom stereocenters. The molecule has 0 aliphatic carbocycles. The lowest BCUT2D eigenvalue weighted by atomic mass is 10.0. The van der Waals surface area contributed by atoms with Gasteiger partial charge in [0.15, 0.2) is 6.29 Å². The van der Waals surface area contributed by atoms with Crippen LogP contribution in [0.3, 0.4) is 0 Å². The minimum Gasteiger partial charge on any atom is -0.497 e. The number of hydrogen-bond acceptors (Lipinski definition) is 4. The highest BCUT2D eigenvalue weighted by Crippen LogP contribution is 2.30. The van der Waals surface area contributed by atoms with Crippen molar-refractivity contribution in [1.29, 1.82) is 0 Å². The molecule has 0 bridgehead atoms. The van der Waals surface area contributed by atoms with Gasteiger partial charge in [-0.1, -0.05) is 0 Å². The lowest BCUT2D eigenvalue weighted by molar-refractivity contribution is 0.112. The Morgan fingerprint density at radius 1 is 1.11 bits per heavy atom. The maximum absolute atomic E-state index is 11.0. The molecule has 0 aliphatic rings. The van der Waals surface area contributed by atoms with Crippen molar-refractivity contribution < 1.29 is 14.3 Å². The first-order chi connectivity index (χ1) is 8.78. The van der Waals surface area contributed by atoms with Gasteiger partial charge in [0, 0.05) is 29.6 Å². The van der Waals surface area contributed by atoms with E-state index in [1.807, 2.05) is 12.1 Å². The molecule has 4 nitrogen and oxygen atoms in total. The van der Waals surface area contributed by atoms with Crippen molar-refractivity contribution in [1.82, 2.24) is 4.98 Å². The molecule has 92 valence electrons. The van der Waals surface area contributed by atoms with Crippen LogP contribution in [-0.4, -0.2) is 25.5 Å². The zero-order valence-corrected chi connectivity index (χ0v) is 10.2. The summed E-state index contributed by atoms with van der Waals surface area (Å²) in [4.78, 5) is 15.1. The standard InChI is InChI=1S/C14H13NO3/c1-17-12-5-11(6-13(7-12)18-2)14-8-15-4-3-10(14)9-16/h3-9H,1-2H3. The summed E-state index contributed by atoms with van der Waals surface area (Å²) >= 11 is 0. The molecule has 1 aromatic carbocycles. The Hall–Kier alpha value is -2.36. The van der Waals surface area contributed by atoms with Crippen LogP contribution < -0.4 is 9.47 Å². The summed E-state index contributed by atoms with van der Waals surface area (Å²) in [6, 6.07) is 7.13. The van der Waals surface area contributed by atoms with Crippen LogP contribution in [-0.2, 0) is 0 Å². The van der Waals surface area contributed by atoms with Crippen molar-refractivity contribution in [2.75, 3.05) is 14.2 Å². The second kappa shape index (κ2) is 5.31. The fourth-order valence-electron chi connectivity index (χ4n) is 1.71. The molecule has 0 unspecified atom stereocenters. The third-order valence-corrected chi connectivity index (χ3v) is 2.64. The number of benzene rings is 1. The number of hydrogen-bond donors (Lipinski definition) is 0. The first-order valence-corrected chi connectivity index (χ1v) is 5.41. The molecule has 0 aliphatic heterocycles. The van der Waals surface area contributed by atoms with E-state index in [1.165, 1.54) is 0 Å². The van der Waals surface area contributed by atoms with E-state index in [1.54, 1.807) is 38.7 Å². The van der Waals surface area contributed by atoms with Crippen LogP contribution in [0, 0.1) is 0 Å². The zero-order chi connectivity index (χ0) is 13.0. The van der Waals surface area contributed by atoms with Crippen LogP contribution in [0.1, 0.15) is 10.4 Å². The van der Waals surface area contributed by atoms with Gasteiger partial charge < -0.3 is 9.47 Å². The van der Waals surface area contributed by atoms with E-state index < -0.39 is 0 Å². The van der Waals surface area contributed by atoms with Gasteiger partial charge in [-0.15, -0.1) is 0 Å². The second-order valence-corrected chi connectivity index (χ2v) is 3.68. The molecule has 1 aromatic heterocycles. The molecule has 0 fully saturated rings. The van der Waals surface area contributed by atoms with Crippen LogP contribution in [0.25, 0.3) is 11.1 Å². The highest BCUT2D eigenvalue weighted by molar-refractivity contribution is 5.87. The van der Waals surface area contributed by atoms with E-state index in [4.69, 9.17) is 9.47 Å². The summed E-state index contributed by atoms with van der Waals surface area (Å²) < 4.78 is 10.4. The maximum Gasteiger partial charge on any atom is 0.150 e. The van der Waals surface area contributed by atoms with Gasteiger partial charge in [-0.25, -0.2) is 0 Å². The summed E-state index contributed by atoms with van der Waals surface area (Å²) in [6.45, 7) is 0. The third-order valence-electron chi connectivity index (χ3n) is 2.64. The van der Waals surface area contributed by atoms with Crippen molar-refractivity contribution in [3.63, 3.8) is 0 Å². The minimum atomic E-state index is 0.584. The monoisotopic (exact) mass is 243 g/mol. The normalized spacial score (nSPS) is 9.89. The predicted molar refractivity (Wildman–Crippen MR) is 68.2 cm³/mol. The van der Waals surface area contributed by atoms with Gasteiger partial charge in [0.1, 0.15) is 11.5 Å². The molecule has 0 amide bonds. The first-order valence-electron chi connectivity index (χ1n) is 5.41. The second-order valence-electron chi connectivity index (χ2n) is 3.68. The van der Waals surface area contributed by atoms with Crippen LogP contribution in [0.15, 0.2) is 36.7 Å². The van der Waals surface area contributed by atoms with Crippen LogP contribution >= 0.6 is 0 Å². The highest BCUT2D eigenvalue weighted by atomic mass is 16.5. The van der Waals surface area contributed by atoms with E-state index in [0.29, 0.717) is 17.1 Å². The first kappa shape index (κ1) is 12.1. The fraction of sp³-hybridized carbons (Fsp3) is 0.143. The molecule has 0 N–H and O–H groups in total. The van der Waals surface area contributed by atoms with Crippen LogP contribution in [0.4, 0.5) is 0 Å². The smallest absolute Gasteiger partial charge is 0.150 e. The molecule has 0 radical (unpaired) electrons. The van der Waals surface area contributed by atoms with Crippen molar-refractivity contribution in [3.05, 3.63) is 42.2 Å². The van der Waals surface area contributed by atoms with E-state index in [9.17, 15) is 4.79 Å². The number of nitrogens with zero attached hydrogens (tertiary/aromatic N) is 1. The van der Waals surface area contributed by atoms with Gasteiger partial charge in [-0.05, 0) is 23.8 Å². The van der Waals surface area contributed by atoms with Crippen molar-refractivity contribution >= 4 is 6.29 Å². The quantitative estimate of drug-likeness (QED) is 0.774. The Labute approximate surface area is 105 Å². The van der Waals surface area contributed by atoms with Crippen molar-refractivity contribution in [2.45, 2.75) is 0 Å². The molecular weight excluding hydrogens is 230 g/mol. The lowest BCUT2D eigenvalue weighted by Crippen LogP contribution is -1.92.